The van der Waals surface area contributed by atoms with Crippen LogP contribution in [0.15, 0.2) is 12.2 Å². The molecule has 2 heterocycles. The maximum Gasteiger partial charge on any atom is 0.141 e. The molecule has 13 heavy (non-hydrogen) atoms. The van der Waals surface area contributed by atoms with Crippen LogP contribution in [0.25, 0.3) is 0 Å². The van der Waals surface area contributed by atoms with Crippen LogP contribution in [0, 0.1) is 5.92 Å². The first-order valence-corrected chi connectivity index (χ1v) is 5.10. The zero-order valence-electron chi connectivity index (χ0n) is 8.18. The van der Waals surface area contributed by atoms with Gasteiger partial charge in [0.05, 0.1) is 0 Å². The molecule has 0 aromatic rings. The molecule has 0 radical (unpaired) electrons. The molecule has 2 fully saturated rings. The summed E-state index contributed by atoms with van der Waals surface area (Å²) in [4.78, 5) is 11.7. The van der Waals surface area contributed by atoms with Crippen LogP contribution < -0.4 is 5.32 Å². The molecule has 2 nitrogen and oxygen atoms in total. The van der Waals surface area contributed by atoms with E-state index in [1.54, 1.807) is 0 Å². The summed E-state index contributed by atoms with van der Waals surface area (Å²) < 4.78 is 0. The third-order valence-corrected chi connectivity index (χ3v) is 3.19. The average Bonchev–Trinajstić information content (AvgIpc) is 2.62. The molecule has 2 rings (SSSR count). The van der Waals surface area contributed by atoms with E-state index in [1.807, 2.05) is 6.92 Å². The Morgan fingerprint density at radius 1 is 1.54 bits per heavy atom. The molecule has 0 aromatic heterocycles. The van der Waals surface area contributed by atoms with Crippen molar-refractivity contribution in [1.29, 1.82) is 0 Å². The van der Waals surface area contributed by atoms with E-state index in [0.29, 0.717) is 24.3 Å². The van der Waals surface area contributed by atoms with Crippen molar-refractivity contribution in [3.05, 3.63) is 12.2 Å². The Kier molecular flexibility index (Phi) is 2.24. The SMILES string of the molecule is C=C(C)CC(=O)C1CC2CCC1N2. The molecule has 3 atom stereocenters. The monoisotopic (exact) mass is 179 g/mol. The number of fused-ring (bicyclic) bond motifs is 2. The van der Waals surface area contributed by atoms with E-state index in [1.165, 1.54) is 12.8 Å². The molecule has 2 saturated heterocycles. The van der Waals surface area contributed by atoms with Gasteiger partial charge in [-0.15, -0.1) is 0 Å². The summed E-state index contributed by atoms with van der Waals surface area (Å²) >= 11 is 0. The number of rotatable bonds is 3. The second-order valence-corrected chi connectivity index (χ2v) is 4.49. The number of hydrogen-bond donors (Lipinski definition) is 1. The van der Waals surface area contributed by atoms with Crippen LogP contribution in [0.3, 0.4) is 0 Å². The smallest absolute Gasteiger partial charge is 0.141 e. The van der Waals surface area contributed by atoms with Gasteiger partial charge >= 0.3 is 0 Å². The fourth-order valence-electron chi connectivity index (χ4n) is 2.61. The van der Waals surface area contributed by atoms with Gasteiger partial charge in [-0.05, 0) is 26.2 Å². The second kappa shape index (κ2) is 3.26. The summed E-state index contributed by atoms with van der Waals surface area (Å²) in [6.07, 6.45) is 4.10. The Morgan fingerprint density at radius 2 is 2.31 bits per heavy atom. The van der Waals surface area contributed by atoms with Crippen molar-refractivity contribution in [3.63, 3.8) is 0 Å². The van der Waals surface area contributed by atoms with Crippen molar-refractivity contribution < 1.29 is 4.79 Å². The van der Waals surface area contributed by atoms with Gasteiger partial charge in [-0.2, -0.15) is 0 Å². The Morgan fingerprint density at radius 3 is 2.77 bits per heavy atom. The highest BCUT2D eigenvalue weighted by Crippen LogP contribution is 2.34. The zero-order valence-corrected chi connectivity index (χ0v) is 8.18. The Bertz CT molecular complexity index is 246. The van der Waals surface area contributed by atoms with E-state index in [0.717, 1.165) is 12.0 Å². The van der Waals surface area contributed by atoms with Gasteiger partial charge < -0.3 is 5.32 Å². The molecule has 0 amide bonds. The number of carbonyl (C=O) groups excluding carboxylic acids is 1. The highest BCUT2D eigenvalue weighted by atomic mass is 16.1. The first kappa shape index (κ1) is 8.95. The molecule has 2 heteroatoms. The summed E-state index contributed by atoms with van der Waals surface area (Å²) in [5.74, 6) is 0.683. The molecular formula is C11H17NO. The van der Waals surface area contributed by atoms with E-state index < -0.39 is 0 Å². The standard InChI is InChI=1S/C11H17NO/c1-7(2)5-11(13)9-6-8-3-4-10(9)12-8/h8-10,12H,1,3-6H2,2H3. The van der Waals surface area contributed by atoms with Crippen LogP contribution in [-0.2, 0) is 4.79 Å². The number of hydrogen-bond acceptors (Lipinski definition) is 2. The van der Waals surface area contributed by atoms with Crippen LogP contribution in [0.2, 0.25) is 0 Å². The molecule has 2 aliphatic rings. The van der Waals surface area contributed by atoms with E-state index in [-0.39, 0.29) is 5.92 Å². The average molecular weight is 179 g/mol. The molecule has 1 N–H and O–H groups in total. The number of nitrogens with one attached hydrogen (secondary N) is 1. The molecule has 3 unspecified atom stereocenters. The maximum atomic E-state index is 11.7. The highest BCUT2D eigenvalue weighted by Gasteiger charge is 2.42. The molecule has 0 aromatic carbocycles. The van der Waals surface area contributed by atoms with Gasteiger partial charge in [0.2, 0.25) is 0 Å². The van der Waals surface area contributed by atoms with E-state index in [2.05, 4.69) is 11.9 Å². The third kappa shape index (κ3) is 1.68. The minimum Gasteiger partial charge on any atom is -0.310 e. The number of carbonyl (C=O) groups is 1. The van der Waals surface area contributed by atoms with Crippen LogP contribution in [-0.4, -0.2) is 17.9 Å². The molecule has 0 aliphatic carbocycles. The van der Waals surface area contributed by atoms with Crippen molar-refractivity contribution in [3.8, 4) is 0 Å². The zero-order chi connectivity index (χ0) is 9.42. The largest absolute Gasteiger partial charge is 0.310 e. The quantitative estimate of drug-likeness (QED) is 0.668. The number of Topliss-reactive ketones (excluding diaryl/α,β-unsaturated/α-hetero) is 1. The molecular weight excluding hydrogens is 162 g/mol. The lowest BCUT2D eigenvalue weighted by molar-refractivity contribution is -0.122. The van der Waals surface area contributed by atoms with Crippen molar-refractivity contribution >= 4 is 5.78 Å². The predicted molar refractivity (Wildman–Crippen MR) is 52.5 cm³/mol. The fraction of sp³-hybridized carbons (Fsp3) is 0.727. The van der Waals surface area contributed by atoms with Crippen LogP contribution in [0.4, 0.5) is 0 Å². The van der Waals surface area contributed by atoms with E-state index in [9.17, 15) is 4.79 Å². The van der Waals surface area contributed by atoms with Gasteiger partial charge in [-0.3, -0.25) is 4.79 Å². The fourth-order valence-corrected chi connectivity index (χ4v) is 2.61. The topological polar surface area (TPSA) is 29.1 Å². The van der Waals surface area contributed by atoms with Crippen molar-refractivity contribution in [2.75, 3.05) is 0 Å². The normalized spacial score (nSPS) is 36.5. The predicted octanol–water partition coefficient (Wildman–Crippen LogP) is 1.66. The number of allylic oxidation sites excluding steroid dienone is 1. The van der Waals surface area contributed by atoms with Gasteiger partial charge in [-0.1, -0.05) is 12.2 Å². The van der Waals surface area contributed by atoms with Crippen molar-refractivity contribution in [2.45, 2.75) is 44.7 Å². The summed E-state index contributed by atoms with van der Waals surface area (Å²) in [5, 5.41) is 3.48. The third-order valence-electron chi connectivity index (χ3n) is 3.19. The summed E-state index contributed by atoms with van der Waals surface area (Å²) in [6.45, 7) is 5.72. The van der Waals surface area contributed by atoms with E-state index in [4.69, 9.17) is 0 Å². The van der Waals surface area contributed by atoms with Gasteiger partial charge in [0.25, 0.3) is 0 Å². The van der Waals surface area contributed by atoms with Crippen LogP contribution in [0.5, 0.6) is 0 Å². The minimum atomic E-state index is 0.287. The van der Waals surface area contributed by atoms with Crippen LogP contribution in [0.1, 0.15) is 32.6 Å². The highest BCUT2D eigenvalue weighted by molar-refractivity contribution is 5.84. The van der Waals surface area contributed by atoms with E-state index >= 15 is 0 Å². The van der Waals surface area contributed by atoms with Crippen molar-refractivity contribution in [1.82, 2.24) is 5.32 Å². The Labute approximate surface area is 79.4 Å². The molecule has 2 bridgehead atoms. The van der Waals surface area contributed by atoms with Gasteiger partial charge in [-0.25, -0.2) is 0 Å². The lowest BCUT2D eigenvalue weighted by atomic mass is 9.84. The maximum absolute atomic E-state index is 11.7. The van der Waals surface area contributed by atoms with Crippen molar-refractivity contribution in [2.24, 2.45) is 5.92 Å². The van der Waals surface area contributed by atoms with Gasteiger partial charge in [0.1, 0.15) is 5.78 Å². The second-order valence-electron chi connectivity index (χ2n) is 4.49. The first-order valence-electron chi connectivity index (χ1n) is 5.10. The summed E-state index contributed by atoms with van der Waals surface area (Å²) in [5.41, 5.74) is 0.993. The van der Waals surface area contributed by atoms with Gasteiger partial charge in [0.15, 0.2) is 0 Å². The summed E-state index contributed by atoms with van der Waals surface area (Å²) in [7, 11) is 0. The van der Waals surface area contributed by atoms with Crippen LogP contribution >= 0.6 is 0 Å². The lowest BCUT2D eigenvalue weighted by Crippen LogP contribution is -2.28. The molecule has 2 aliphatic heterocycles. The summed E-state index contributed by atoms with van der Waals surface area (Å²) in [6, 6.07) is 1.11. The first-order chi connectivity index (χ1) is 6.16. The Hall–Kier alpha value is -0.630. The molecule has 0 spiro atoms. The Balaban J connectivity index is 1.95. The van der Waals surface area contributed by atoms with Gasteiger partial charge in [0, 0.05) is 24.4 Å². The number of ketones is 1. The minimum absolute atomic E-state index is 0.287. The molecule has 0 saturated carbocycles. The lowest BCUT2D eigenvalue weighted by Gasteiger charge is -2.18. The molecule has 72 valence electrons.